The van der Waals surface area contributed by atoms with Crippen molar-refractivity contribution in [3.63, 3.8) is 0 Å². The molecule has 1 heterocycles. The molecule has 0 atom stereocenters. The van der Waals surface area contributed by atoms with Crippen LogP contribution in [0.2, 0.25) is 0 Å². The number of hydrogen-bond acceptors (Lipinski definition) is 4. The first kappa shape index (κ1) is 21.4. The Morgan fingerprint density at radius 1 is 1.13 bits per heavy atom. The first-order valence-electron chi connectivity index (χ1n) is 10.0. The van der Waals surface area contributed by atoms with Gasteiger partial charge in [0.15, 0.2) is 0 Å². The van der Waals surface area contributed by atoms with Crippen molar-refractivity contribution in [1.29, 1.82) is 0 Å². The molecule has 0 spiro atoms. The van der Waals surface area contributed by atoms with Crippen molar-refractivity contribution in [3.8, 4) is 22.6 Å². The number of benzene rings is 2. The van der Waals surface area contributed by atoms with Gasteiger partial charge in [0.25, 0.3) is 5.91 Å². The van der Waals surface area contributed by atoms with Crippen LogP contribution in [0, 0.1) is 0 Å². The fourth-order valence-corrected chi connectivity index (χ4v) is 3.60. The highest BCUT2D eigenvalue weighted by molar-refractivity contribution is 5.96. The Morgan fingerprint density at radius 2 is 1.83 bits per heavy atom. The molecule has 2 aromatic rings. The number of carbonyl (C=O) groups excluding carboxylic acids is 2. The van der Waals surface area contributed by atoms with Crippen LogP contribution in [0.1, 0.15) is 23.2 Å². The fourth-order valence-electron chi connectivity index (χ4n) is 3.60. The van der Waals surface area contributed by atoms with Gasteiger partial charge in [0, 0.05) is 51.2 Å². The summed E-state index contributed by atoms with van der Waals surface area (Å²) in [7, 11) is 5.08. The van der Waals surface area contributed by atoms with Gasteiger partial charge in [-0.15, -0.1) is 0 Å². The van der Waals surface area contributed by atoms with E-state index < -0.39 is 0 Å². The number of amides is 2. The van der Waals surface area contributed by atoms with E-state index in [4.69, 9.17) is 9.47 Å². The van der Waals surface area contributed by atoms with E-state index in [2.05, 4.69) is 6.58 Å². The van der Waals surface area contributed by atoms with Crippen LogP contribution in [0.15, 0.2) is 55.1 Å². The molecule has 6 heteroatoms. The van der Waals surface area contributed by atoms with Gasteiger partial charge in [-0.3, -0.25) is 9.59 Å². The molecule has 0 aromatic heterocycles. The topological polar surface area (TPSA) is 59.1 Å². The predicted octanol–water partition coefficient (Wildman–Crippen LogP) is 3.62. The molecule has 0 radical (unpaired) electrons. The largest absolute Gasteiger partial charge is 0.496 e. The van der Waals surface area contributed by atoms with Crippen LogP contribution in [0.25, 0.3) is 11.1 Å². The molecular formula is C24H28N2O4. The highest BCUT2D eigenvalue weighted by Gasteiger charge is 2.23. The Bertz CT molecular complexity index is 931. The zero-order valence-corrected chi connectivity index (χ0v) is 17.8. The number of rotatable bonds is 6. The SMILES string of the molecule is C=CC(=O)N1CCC(Oc2cc(C(=O)N(C)C)cc(-c3ccccc3OC)c2)CC1. The summed E-state index contributed by atoms with van der Waals surface area (Å²) >= 11 is 0. The highest BCUT2D eigenvalue weighted by Crippen LogP contribution is 2.34. The molecule has 1 fully saturated rings. The van der Waals surface area contributed by atoms with Crippen molar-refractivity contribution < 1.29 is 19.1 Å². The van der Waals surface area contributed by atoms with Crippen molar-refractivity contribution in [2.75, 3.05) is 34.3 Å². The van der Waals surface area contributed by atoms with Gasteiger partial charge in [-0.05, 0) is 35.9 Å². The van der Waals surface area contributed by atoms with E-state index >= 15 is 0 Å². The number of carbonyl (C=O) groups is 2. The van der Waals surface area contributed by atoms with Crippen LogP contribution < -0.4 is 9.47 Å². The van der Waals surface area contributed by atoms with Crippen molar-refractivity contribution >= 4 is 11.8 Å². The molecule has 2 aromatic carbocycles. The molecule has 1 aliphatic heterocycles. The molecule has 0 unspecified atom stereocenters. The molecule has 1 saturated heterocycles. The van der Waals surface area contributed by atoms with Gasteiger partial charge in [-0.25, -0.2) is 0 Å². The lowest BCUT2D eigenvalue weighted by Crippen LogP contribution is -2.41. The summed E-state index contributed by atoms with van der Waals surface area (Å²) < 4.78 is 11.7. The average Bonchev–Trinajstić information content (AvgIpc) is 2.78. The third-order valence-electron chi connectivity index (χ3n) is 5.21. The van der Waals surface area contributed by atoms with E-state index in [0.29, 0.717) is 24.4 Å². The number of ether oxygens (including phenoxy) is 2. The molecule has 6 nitrogen and oxygen atoms in total. The highest BCUT2D eigenvalue weighted by atomic mass is 16.5. The maximum Gasteiger partial charge on any atom is 0.253 e. The van der Waals surface area contributed by atoms with Crippen LogP contribution in [-0.2, 0) is 4.79 Å². The summed E-state index contributed by atoms with van der Waals surface area (Å²) in [6.07, 6.45) is 2.79. The summed E-state index contributed by atoms with van der Waals surface area (Å²) in [5, 5.41) is 0. The lowest BCUT2D eigenvalue weighted by molar-refractivity contribution is -0.127. The molecule has 1 aliphatic rings. The van der Waals surface area contributed by atoms with E-state index in [1.54, 1.807) is 37.1 Å². The minimum absolute atomic E-state index is 0.0194. The summed E-state index contributed by atoms with van der Waals surface area (Å²) in [5.74, 6) is 1.22. The van der Waals surface area contributed by atoms with Crippen LogP contribution in [-0.4, -0.2) is 62.0 Å². The maximum atomic E-state index is 12.7. The zero-order valence-electron chi connectivity index (χ0n) is 17.8. The Hall–Kier alpha value is -3.28. The normalized spacial score (nSPS) is 14.2. The number of para-hydroxylation sites is 1. The van der Waals surface area contributed by atoms with Crippen molar-refractivity contribution in [3.05, 3.63) is 60.7 Å². The monoisotopic (exact) mass is 408 g/mol. The van der Waals surface area contributed by atoms with Crippen LogP contribution >= 0.6 is 0 Å². The molecule has 30 heavy (non-hydrogen) atoms. The molecule has 0 aliphatic carbocycles. The summed E-state index contributed by atoms with van der Waals surface area (Å²) in [5.41, 5.74) is 2.30. The van der Waals surface area contributed by atoms with E-state index in [1.807, 2.05) is 36.4 Å². The lowest BCUT2D eigenvalue weighted by Gasteiger charge is -2.31. The molecular weight excluding hydrogens is 380 g/mol. The van der Waals surface area contributed by atoms with Gasteiger partial charge in [0.05, 0.1) is 7.11 Å². The number of piperidine rings is 1. The second kappa shape index (κ2) is 9.48. The zero-order chi connectivity index (χ0) is 21.7. The maximum absolute atomic E-state index is 12.7. The smallest absolute Gasteiger partial charge is 0.253 e. The van der Waals surface area contributed by atoms with Crippen molar-refractivity contribution in [2.24, 2.45) is 0 Å². The lowest BCUT2D eigenvalue weighted by atomic mass is 10.0. The first-order chi connectivity index (χ1) is 14.4. The molecule has 0 N–H and O–H groups in total. The van der Waals surface area contributed by atoms with Crippen molar-refractivity contribution in [2.45, 2.75) is 18.9 Å². The number of likely N-dealkylation sites (tertiary alicyclic amines) is 1. The third kappa shape index (κ3) is 4.82. The Labute approximate surface area is 177 Å². The predicted molar refractivity (Wildman–Crippen MR) is 117 cm³/mol. The first-order valence-corrected chi connectivity index (χ1v) is 10.0. The van der Waals surface area contributed by atoms with Crippen molar-refractivity contribution in [1.82, 2.24) is 9.80 Å². The Morgan fingerprint density at radius 3 is 2.47 bits per heavy atom. The number of methoxy groups -OCH3 is 1. The minimum Gasteiger partial charge on any atom is -0.496 e. The number of nitrogens with zero attached hydrogens (tertiary/aromatic N) is 2. The van der Waals surface area contributed by atoms with Gasteiger partial charge in [-0.1, -0.05) is 24.8 Å². The van der Waals surface area contributed by atoms with E-state index in [1.165, 1.54) is 6.08 Å². The van der Waals surface area contributed by atoms with Crippen LogP contribution in [0.4, 0.5) is 0 Å². The summed E-state index contributed by atoms with van der Waals surface area (Å²) in [4.78, 5) is 27.8. The van der Waals surface area contributed by atoms with E-state index in [0.717, 1.165) is 29.7 Å². The molecule has 158 valence electrons. The van der Waals surface area contributed by atoms with Gasteiger partial charge in [0.1, 0.15) is 17.6 Å². The van der Waals surface area contributed by atoms with Crippen LogP contribution in [0.3, 0.4) is 0 Å². The average molecular weight is 408 g/mol. The molecule has 0 saturated carbocycles. The van der Waals surface area contributed by atoms with Gasteiger partial charge < -0.3 is 19.3 Å². The summed E-state index contributed by atoms with van der Waals surface area (Å²) in [6.45, 7) is 4.81. The fraction of sp³-hybridized carbons (Fsp3) is 0.333. The summed E-state index contributed by atoms with van der Waals surface area (Å²) in [6, 6.07) is 13.3. The molecule has 3 rings (SSSR count). The van der Waals surface area contributed by atoms with E-state index in [9.17, 15) is 9.59 Å². The quantitative estimate of drug-likeness (QED) is 0.685. The van der Waals surface area contributed by atoms with E-state index in [-0.39, 0.29) is 17.9 Å². The Kier molecular flexibility index (Phi) is 6.77. The van der Waals surface area contributed by atoms with Gasteiger partial charge in [0.2, 0.25) is 5.91 Å². The standard InChI is InChI=1S/C24H28N2O4/c1-5-23(27)26-12-10-19(11-13-26)30-20-15-17(14-18(16-20)24(28)25(2)3)21-8-6-7-9-22(21)29-4/h5-9,14-16,19H,1,10-13H2,2-4H3. The molecule has 0 bridgehead atoms. The second-order valence-electron chi connectivity index (χ2n) is 7.49. The minimum atomic E-state index is -0.0944. The van der Waals surface area contributed by atoms with Gasteiger partial charge in [-0.2, -0.15) is 0 Å². The third-order valence-corrected chi connectivity index (χ3v) is 5.21. The molecule has 2 amide bonds. The second-order valence-corrected chi connectivity index (χ2v) is 7.49. The van der Waals surface area contributed by atoms with Crippen LogP contribution in [0.5, 0.6) is 11.5 Å². The Balaban J connectivity index is 1.89. The van der Waals surface area contributed by atoms with Gasteiger partial charge >= 0.3 is 0 Å². The number of hydrogen-bond donors (Lipinski definition) is 0.